The number of ether oxygens (including phenoxy) is 1. The lowest BCUT2D eigenvalue weighted by atomic mass is 10.1. The fraction of sp³-hybridized carbons (Fsp3) is 0.529. The van der Waals surface area contributed by atoms with Crippen LogP contribution in [-0.2, 0) is 4.74 Å². The molecule has 0 spiro atoms. The van der Waals surface area contributed by atoms with Crippen molar-refractivity contribution in [2.75, 3.05) is 26.3 Å². The van der Waals surface area contributed by atoms with Crippen LogP contribution in [0.1, 0.15) is 28.2 Å². The van der Waals surface area contributed by atoms with Gasteiger partial charge in [-0.2, -0.15) is 0 Å². The summed E-state index contributed by atoms with van der Waals surface area (Å²) < 4.78 is 6.69. The molecule has 0 bridgehead atoms. The van der Waals surface area contributed by atoms with E-state index in [0.717, 1.165) is 34.9 Å². The average molecular weight is 331 g/mol. The fourth-order valence-electron chi connectivity index (χ4n) is 3.55. The van der Waals surface area contributed by atoms with Crippen LogP contribution in [0, 0.1) is 6.92 Å². The van der Waals surface area contributed by atoms with Gasteiger partial charge in [-0.3, -0.25) is 9.69 Å². The molecule has 1 aromatic carbocycles. The standard InChI is InChI=1S/C17H21N3O2S/c1-11-18-13-5-4-12(8-16(13)23-11)17(21)19-14-9-22-10-15(14)20-6-2-3-7-20/h4-5,8,14-15H,2-3,6-7,9-10H2,1H3,(H,19,21)/t14-,15-/m0/s1. The summed E-state index contributed by atoms with van der Waals surface area (Å²) in [5, 5.41) is 4.20. The minimum absolute atomic E-state index is 0.0161. The molecule has 23 heavy (non-hydrogen) atoms. The maximum absolute atomic E-state index is 12.6. The second-order valence-corrected chi connectivity index (χ2v) is 7.58. The zero-order valence-corrected chi connectivity index (χ0v) is 14.1. The van der Waals surface area contributed by atoms with Crippen molar-refractivity contribution in [3.8, 4) is 0 Å². The van der Waals surface area contributed by atoms with Crippen LogP contribution < -0.4 is 5.32 Å². The number of aryl methyl sites for hydroxylation is 1. The van der Waals surface area contributed by atoms with Crippen LogP contribution in [0.3, 0.4) is 0 Å². The Bertz CT molecular complexity index is 724. The molecule has 122 valence electrons. The number of benzene rings is 1. The molecule has 6 heteroatoms. The van der Waals surface area contributed by atoms with Gasteiger partial charge in [0.25, 0.3) is 5.91 Å². The Balaban J connectivity index is 1.49. The largest absolute Gasteiger partial charge is 0.378 e. The first kappa shape index (κ1) is 15.1. The van der Waals surface area contributed by atoms with Gasteiger partial charge in [0.15, 0.2) is 0 Å². The molecule has 2 aliphatic rings. The highest BCUT2D eigenvalue weighted by atomic mass is 32.1. The normalized spacial score (nSPS) is 25.3. The predicted molar refractivity (Wildman–Crippen MR) is 91.0 cm³/mol. The van der Waals surface area contributed by atoms with Crippen molar-refractivity contribution >= 4 is 27.5 Å². The Labute approximate surface area is 139 Å². The van der Waals surface area contributed by atoms with E-state index in [4.69, 9.17) is 4.74 Å². The Kier molecular flexibility index (Phi) is 4.05. The lowest BCUT2D eigenvalue weighted by Crippen LogP contribution is -2.50. The molecule has 2 aromatic rings. The molecule has 0 radical (unpaired) electrons. The number of fused-ring (bicyclic) bond motifs is 1. The summed E-state index contributed by atoms with van der Waals surface area (Å²) >= 11 is 1.62. The molecular formula is C17H21N3O2S. The number of thiazole rings is 1. The van der Waals surface area contributed by atoms with Gasteiger partial charge < -0.3 is 10.1 Å². The van der Waals surface area contributed by atoms with Crippen molar-refractivity contribution in [3.05, 3.63) is 28.8 Å². The first-order valence-electron chi connectivity index (χ1n) is 8.20. The number of likely N-dealkylation sites (tertiary alicyclic amines) is 1. The van der Waals surface area contributed by atoms with Gasteiger partial charge >= 0.3 is 0 Å². The van der Waals surface area contributed by atoms with E-state index in [1.54, 1.807) is 11.3 Å². The SMILES string of the molecule is Cc1nc2ccc(C(=O)N[C@H]3COC[C@@H]3N3CCCC3)cc2s1. The molecule has 1 amide bonds. The molecule has 3 heterocycles. The minimum atomic E-state index is -0.0161. The number of rotatable bonds is 3. The Morgan fingerprint density at radius 2 is 2.17 bits per heavy atom. The maximum atomic E-state index is 12.6. The molecule has 5 nitrogen and oxygen atoms in total. The number of hydrogen-bond acceptors (Lipinski definition) is 5. The topological polar surface area (TPSA) is 54.5 Å². The van der Waals surface area contributed by atoms with Gasteiger partial charge in [0.1, 0.15) is 0 Å². The second kappa shape index (κ2) is 6.19. The number of amides is 1. The quantitative estimate of drug-likeness (QED) is 0.937. The molecule has 2 saturated heterocycles. The summed E-state index contributed by atoms with van der Waals surface area (Å²) in [6.45, 7) is 5.55. The zero-order chi connectivity index (χ0) is 15.8. The van der Waals surface area contributed by atoms with E-state index in [9.17, 15) is 4.79 Å². The number of aromatic nitrogens is 1. The monoisotopic (exact) mass is 331 g/mol. The van der Waals surface area contributed by atoms with Gasteiger partial charge in [-0.25, -0.2) is 4.98 Å². The van der Waals surface area contributed by atoms with Gasteiger partial charge in [-0.05, 0) is 51.1 Å². The smallest absolute Gasteiger partial charge is 0.251 e. The molecule has 2 atom stereocenters. The lowest BCUT2D eigenvalue weighted by Gasteiger charge is -2.27. The summed E-state index contributed by atoms with van der Waals surface area (Å²) in [5.41, 5.74) is 1.66. The van der Waals surface area contributed by atoms with Gasteiger partial charge in [0.2, 0.25) is 0 Å². The molecule has 0 aliphatic carbocycles. The van der Waals surface area contributed by atoms with E-state index in [1.165, 1.54) is 12.8 Å². The summed E-state index contributed by atoms with van der Waals surface area (Å²) in [6, 6.07) is 6.12. The molecule has 2 aliphatic heterocycles. The van der Waals surface area contributed by atoms with E-state index in [2.05, 4.69) is 15.2 Å². The molecule has 1 aromatic heterocycles. The molecule has 0 saturated carbocycles. The van der Waals surface area contributed by atoms with Crippen molar-refractivity contribution < 1.29 is 9.53 Å². The number of carbonyl (C=O) groups is 1. The van der Waals surface area contributed by atoms with E-state index in [0.29, 0.717) is 18.2 Å². The van der Waals surface area contributed by atoms with Crippen LogP contribution in [0.15, 0.2) is 18.2 Å². The summed E-state index contributed by atoms with van der Waals surface area (Å²) in [4.78, 5) is 19.5. The highest BCUT2D eigenvalue weighted by Crippen LogP contribution is 2.23. The zero-order valence-electron chi connectivity index (χ0n) is 13.2. The Hall–Kier alpha value is -1.50. The first-order valence-corrected chi connectivity index (χ1v) is 9.02. The molecule has 0 unspecified atom stereocenters. The summed E-state index contributed by atoms with van der Waals surface area (Å²) in [6.07, 6.45) is 2.50. The van der Waals surface area contributed by atoms with Crippen LogP contribution in [0.25, 0.3) is 10.2 Å². The summed E-state index contributed by atoms with van der Waals surface area (Å²) in [7, 11) is 0. The van der Waals surface area contributed by atoms with Gasteiger partial charge in [-0.15, -0.1) is 11.3 Å². The van der Waals surface area contributed by atoms with Gasteiger partial charge in [0, 0.05) is 5.56 Å². The van der Waals surface area contributed by atoms with Gasteiger partial charge in [-0.1, -0.05) is 0 Å². The van der Waals surface area contributed by atoms with Crippen molar-refractivity contribution in [3.63, 3.8) is 0 Å². The Morgan fingerprint density at radius 3 is 3.00 bits per heavy atom. The summed E-state index contributed by atoms with van der Waals surface area (Å²) in [5.74, 6) is -0.0161. The van der Waals surface area contributed by atoms with E-state index >= 15 is 0 Å². The number of nitrogens with zero attached hydrogens (tertiary/aromatic N) is 2. The number of nitrogens with one attached hydrogen (secondary N) is 1. The number of hydrogen-bond donors (Lipinski definition) is 1. The van der Waals surface area contributed by atoms with Crippen LogP contribution in [-0.4, -0.2) is 54.2 Å². The highest BCUT2D eigenvalue weighted by molar-refractivity contribution is 7.18. The minimum Gasteiger partial charge on any atom is -0.378 e. The van der Waals surface area contributed by atoms with Crippen LogP contribution in [0.2, 0.25) is 0 Å². The molecule has 2 fully saturated rings. The van der Waals surface area contributed by atoms with E-state index < -0.39 is 0 Å². The molecule has 1 N–H and O–H groups in total. The fourth-order valence-corrected chi connectivity index (χ4v) is 4.41. The third-order valence-corrected chi connectivity index (χ3v) is 5.67. The molecular weight excluding hydrogens is 310 g/mol. The van der Waals surface area contributed by atoms with Crippen LogP contribution in [0.5, 0.6) is 0 Å². The van der Waals surface area contributed by atoms with Crippen molar-refractivity contribution in [2.24, 2.45) is 0 Å². The van der Waals surface area contributed by atoms with Crippen molar-refractivity contribution in [1.29, 1.82) is 0 Å². The van der Waals surface area contributed by atoms with Crippen molar-refractivity contribution in [1.82, 2.24) is 15.2 Å². The first-order chi connectivity index (χ1) is 11.2. The third-order valence-electron chi connectivity index (χ3n) is 4.73. The number of carbonyl (C=O) groups excluding carboxylic acids is 1. The average Bonchev–Trinajstić information content (AvgIpc) is 3.25. The van der Waals surface area contributed by atoms with Crippen LogP contribution in [0.4, 0.5) is 0 Å². The second-order valence-electron chi connectivity index (χ2n) is 6.34. The van der Waals surface area contributed by atoms with Crippen LogP contribution >= 0.6 is 11.3 Å². The maximum Gasteiger partial charge on any atom is 0.251 e. The van der Waals surface area contributed by atoms with E-state index in [1.807, 2.05) is 25.1 Å². The predicted octanol–water partition coefficient (Wildman–Crippen LogP) is 2.20. The van der Waals surface area contributed by atoms with Gasteiger partial charge in [0.05, 0.1) is 40.5 Å². The highest BCUT2D eigenvalue weighted by Gasteiger charge is 2.35. The lowest BCUT2D eigenvalue weighted by molar-refractivity contribution is 0.0917. The molecule has 4 rings (SSSR count). The Morgan fingerprint density at radius 1 is 1.35 bits per heavy atom. The van der Waals surface area contributed by atoms with Crippen molar-refractivity contribution in [2.45, 2.75) is 31.8 Å². The van der Waals surface area contributed by atoms with E-state index in [-0.39, 0.29) is 11.9 Å². The third kappa shape index (κ3) is 2.98.